The highest BCUT2D eigenvalue weighted by Crippen LogP contribution is 2.33. The van der Waals surface area contributed by atoms with E-state index >= 15 is 0 Å². The van der Waals surface area contributed by atoms with E-state index in [0.717, 1.165) is 24.6 Å². The zero-order chi connectivity index (χ0) is 21.6. The fourth-order valence-electron chi connectivity index (χ4n) is 3.11. The van der Waals surface area contributed by atoms with Gasteiger partial charge in [0.05, 0.1) is 14.2 Å². The van der Waals surface area contributed by atoms with Gasteiger partial charge < -0.3 is 24.6 Å². The Bertz CT molecular complexity index is 759. The number of fused-ring (bicyclic) bond motifs is 1. The molecule has 170 valence electrons. The molecule has 11 heteroatoms. The van der Waals surface area contributed by atoms with Gasteiger partial charge in [0.15, 0.2) is 17.5 Å². The highest BCUT2D eigenvalue weighted by Gasteiger charge is 2.31. The molecule has 0 saturated heterocycles. The average Bonchev–Trinajstić information content (AvgIpc) is 2.67. The van der Waals surface area contributed by atoms with Crippen LogP contribution in [0.2, 0.25) is 0 Å². The first kappa shape index (κ1) is 26.1. The lowest BCUT2D eigenvalue weighted by atomic mass is 9.99. The maximum absolute atomic E-state index is 12.5. The molecule has 1 aliphatic heterocycles. The second-order valence-electron chi connectivity index (χ2n) is 6.68. The van der Waals surface area contributed by atoms with E-state index in [4.69, 9.17) is 9.47 Å². The first-order chi connectivity index (χ1) is 13.7. The minimum absolute atomic E-state index is 0. The molecule has 0 saturated carbocycles. The Morgan fingerprint density at radius 2 is 1.83 bits per heavy atom. The Morgan fingerprint density at radius 3 is 2.37 bits per heavy atom. The number of carbonyl (C=O) groups is 1. The molecular formula is C19H28F3IN4O3. The molecule has 0 fully saturated rings. The van der Waals surface area contributed by atoms with E-state index in [0.29, 0.717) is 42.0 Å². The molecule has 0 spiro atoms. The fraction of sp³-hybridized carbons (Fsp3) is 0.579. The summed E-state index contributed by atoms with van der Waals surface area (Å²) in [5, 5.41) is 3.10. The van der Waals surface area contributed by atoms with Gasteiger partial charge in [-0.15, -0.1) is 24.0 Å². The van der Waals surface area contributed by atoms with Crippen LogP contribution in [0.15, 0.2) is 17.1 Å². The fourth-order valence-corrected chi connectivity index (χ4v) is 3.11. The number of hydrogen-bond acceptors (Lipinski definition) is 4. The highest BCUT2D eigenvalue weighted by molar-refractivity contribution is 14.0. The number of aliphatic imine (C=N–C) groups is 1. The van der Waals surface area contributed by atoms with Crippen molar-refractivity contribution in [1.82, 2.24) is 15.1 Å². The van der Waals surface area contributed by atoms with Crippen LogP contribution in [0.5, 0.6) is 11.5 Å². The molecule has 7 nitrogen and oxygen atoms in total. The zero-order valence-corrected chi connectivity index (χ0v) is 19.8. The Kier molecular flexibility index (Phi) is 9.98. The zero-order valence-electron chi connectivity index (χ0n) is 17.5. The van der Waals surface area contributed by atoms with Crippen molar-refractivity contribution in [3.05, 3.63) is 23.3 Å². The third kappa shape index (κ3) is 7.10. The summed E-state index contributed by atoms with van der Waals surface area (Å²) in [6.45, 7) is 2.00. The summed E-state index contributed by atoms with van der Waals surface area (Å²) >= 11 is 0. The van der Waals surface area contributed by atoms with Crippen molar-refractivity contribution in [2.75, 3.05) is 47.4 Å². The van der Waals surface area contributed by atoms with E-state index in [2.05, 4.69) is 10.3 Å². The molecular weight excluding hydrogens is 516 g/mol. The quantitative estimate of drug-likeness (QED) is 0.339. The van der Waals surface area contributed by atoms with Crippen molar-refractivity contribution in [1.29, 1.82) is 0 Å². The topological polar surface area (TPSA) is 66.4 Å². The van der Waals surface area contributed by atoms with Crippen LogP contribution in [0.25, 0.3) is 0 Å². The van der Waals surface area contributed by atoms with Crippen molar-refractivity contribution < 1.29 is 27.4 Å². The molecule has 0 radical (unpaired) electrons. The Hall–Kier alpha value is -1.92. The minimum Gasteiger partial charge on any atom is -0.493 e. The van der Waals surface area contributed by atoms with Gasteiger partial charge in [-0.25, -0.2) is 4.99 Å². The number of rotatable bonds is 6. The normalized spacial score (nSPS) is 13.8. The maximum atomic E-state index is 12.5. The number of nitrogens with zero attached hydrogens (tertiary/aromatic N) is 3. The molecule has 1 aliphatic rings. The lowest BCUT2D eigenvalue weighted by Crippen LogP contribution is -2.45. The van der Waals surface area contributed by atoms with Gasteiger partial charge in [-0.1, -0.05) is 0 Å². The lowest BCUT2D eigenvalue weighted by molar-refractivity contribution is -0.157. The third-order valence-electron chi connectivity index (χ3n) is 4.56. The van der Waals surface area contributed by atoms with Crippen LogP contribution in [-0.2, 0) is 17.8 Å². The lowest BCUT2D eigenvalue weighted by Gasteiger charge is -2.32. The van der Waals surface area contributed by atoms with Crippen LogP contribution in [-0.4, -0.2) is 75.3 Å². The number of carbonyl (C=O) groups excluding carboxylic acids is 1. The summed E-state index contributed by atoms with van der Waals surface area (Å²) in [5.41, 5.74) is 2.18. The predicted octanol–water partition coefficient (Wildman–Crippen LogP) is 2.67. The number of benzene rings is 1. The van der Waals surface area contributed by atoms with Crippen molar-refractivity contribution in [3.63, 3.8) is 0 Å². The predicted molar refractivity (Wildman–Crippen MR) is 119 cm³/mol. The number of guanidine groups is 1. The molecule has 0 atom stereocenters. The highest BCUT2D eigenvalue weighted by atomic mass is 127. The number of halogens is 4. The van der Waals surface area contributed by atoms with Gasteiger partial charge in [-0.3, -0.25) is 4.79 Å². The number of likely N-dealkylation sites (N-methyl/N-ethyl adjacent to an activating group) is 1. The van der Waals surface area contributed by atoms with Gasteiger partial charge in [0.25, 0.3) is 0 Å². The van der Waals surface area contributed by atoms with E-state index in [1.165, 1.54) is 0 Å². The van der Waals surface area contributed by atoms with Crippen LogP contribution in [0.3, 0.4) is 0 Å². The van der Waals surface area contributed by atoms with Crippen molar-refractivity contribution in [2.45, 2.75) is 26.1 Å². The molecule has 30 heavy (non-hydrogen) atoms. The average molecular weight is 544 g/mol. The van der Waals surface area contributed by atoms with Crippen molar-refractivity contribution >= 4 is 35.8 Å². The monoisotopic (exact) mass is 544 g/mol. The molecule has 1 heterocycles. The van der Waals surface area contributed by atoms with E-state index in [1.54, 1.807) is 14.2 Å². The Labute approximate surface area is 191 Å². The number of nitrogens with one attached hydrogen (secondary N) is 1. The minimum atomic E-state index is -4.44. The van der Waals surface area contributed by atoms with Gasteiger partial charge in [0.2, 0.25) is 5.91 Å². The maximum Gasteiger partial charge on any atom is 0.406 e. The summed E-state index contributed by atoms with van der Waals surface area (Å²) in [7, 11) is 4.27. The number of ether oxygens (including phenoxy) is 2. The Morgan fingerprint density at radius 1 is 1.23 bits per heavy atom. The standard InChI is InChI=1S/C19H27F3N4O3.HI/c1-5-23-18(24-10-17(27)25(2)12-19(20,21)22)26-7-6-13-8-15(28-3)16(29-4)9-14(13)11-26;/h8-9H,5-7,10-12H2,1-4H3,(H,23,24);1H. The van der Waals surface area contributed by atoms with E-state index < -0.39 is 18.6 Å². The van der Waals surface area contributed by atoms with Crippen molar-refractivity contribution in [3.8, 4) is 11.5 Å². The number of alkyl halides is 3. The van der Waals surface area contributed by atoms with Gasteiger partial charge >= 0.3 is 6.18 Å². The largest absolute Gasteiger partial charge is 0.493 e. The summed E-state index contributed by atoms with van der Waals surface area (Å²) < 4.78 is 48.1. The third-order valence-corrected chi connectivity index (χ3v) is 4.56. The smallest absolute Gasteiger partial charge is 0.406 e. The molecule has 2 rings (SSSR count). The molecule has 1 aromatic rings. The van der Waals surface area contributed by atoms with Crippen LogP contribution in [0, 0.1) is 0 Å². The van der Waals surface area contributed by atoms with Gasteiger partial charge in [0.1, 0.15) is 13.1 Å². The van der Waals surface area contributed by atoms with Crippen LogP contribution >= 0.6 is 24.0 Å². The molecule has 1 N–H and O–H groups in total. The van der Waals surface area contributed by atoms with Crippen LogP contribution < -0.4 is 14.8 Å². The molecule has 1 amide bonds. The molecule has 1 aromatic carbocycles. The molecule has 0 unspecified atom stereocenters. The van der Waals surface area contributed by atoms with E-state index in [9.17, 15) is 18.0 Å². The van der Waals surface area contributed by atoms with Crippen LogP contribution in [0.1, 0.15) is 18.1 Å². The van der Waals surface area contributed by atoms with E-state index in [-0.39, 0.29) is 30.5 Å². The number of amides is 1. The summed E-state index contributed by atoms with van der Waals surface area (Å²) in [6.07, 6.45) is -3.70. The molecule has 0 aromatic heterocycles. The molecule has 0 aliphatic carbocycles. The van der Waals surface area contributed by atoms with Crippen molar-refractivity contribution in [2.24, 2.45) is 4.99 Å². The summed E-state index contributed by atoms with van der Waals surface area (Å²) in [4.78, 5) is 18.9. The number of methoxy groups -OCH3 is 2. The summed E-state index contributed by atoms with van der Waals surface area (Å²) in [6, 6.07) is 3.86. The SMILES string of the molecule is CCNC(=NCC(=O)N(C)CC(F)(F)F)N1CCc2cc(OC)c(OC)cc2C1.I. The summed E-state index contributed by atoms with van der Waals surface area (Å²) in [5.74, 6) is 1.08. The second-order valence-corrected chi connectivity index (χ2v) is 6.68. The van der Waals surface area contributed by atoms with Crippen LogP contribution in [0.4, 0.5) is 13.2 Å². The second kappa shape index (κ2) is 11.5. The number of hydrogen-bond donors (Lipinski definition) is 1. The van der Waals surface area contributed by atoms with Gasteiger partial charge in [0, 0.05) is 26.7 Å². The molecule has 0 bridgehead atoms. The first-order valence-corrected chi connectivity index (χ1v) is 9.26. The van der Waals surface area contributed by atoms with E-state index in [1.807, 2.05) is 24.0 Å². The first-order valence-electron chi connectivity index (χ1n) is 9.26. The van der Waals surface area contributed by atoms with Gasteiger partial charge in [-0.05, 0) is 36.6 Å². The van der Waals surface area contributed by atoms with Gasteiger partial charge in [-0.2, -0.15) is 13.2 Å². The Balaban J connectivity index is 0.00000450.